The molecule has 1 N–H and O–H groups in total. The fraction of sp³-hybridized carbons (Fsp3) is 0.385. The van der Waals surface area contributed by atoms with E-state index in [1.165, 1.54) is 5.57 Å². The van der Waals surface area contributed by atoms with Gasteiger partial charge in [0.05, 0.1) is 0 Å². The van der Waals surface area contributed by atoms with E-state index in [1.807, 2.05) is 25.2 Å². The SMILES string of the molecule is C=C(CC)CC(NC)c1ccccc1Cl. The average molecular weight is 224 g/mol. The van der Waals surface area contributed by atoms with E-state index >= 15 is 0 Å². The Morgan fingerprint density at radius 2 is 2.13 bits per heavy atom. The molecular formula is C13H18ClN. The van der Waals surface area contributed by atoms with Crippen molar-refractivity contribution in [2.24, 2.45) is 0 Å². The van der Waals surface area contributed by atoms with E-state index in [9.17, 15) is 0 Å². The molecule has 0 bridgehead atoms. The third kappa shape index (κ3) is 3.37. The minimum Gasteiger partial charge on any atom is -0.313 e. The van der Waals surface area contributed by atoms with E-state index in [0.717, 1.165) is 23.4 Å². The number of hydrogen-bond acceptors (Lipinski definition) is 1. The molecule has 1 nitrogen and oxygen atoms in total. The van der Waals surface area contributed by atoms with Gasteiger partial charge in [-0.25, -0.2) is 0 Å². The summed E-state index contributed by atoms with van der Waals surface area (Å²) in [6, 6.07) is 8.22. The van der Waals surface area contributed by atoms with E-state index in [1.54, 1.807) is 0 Å². The Balaban J connectivity index is 2.83. The molecule has 0 saturated heterocycles. The van der Waals surface area contributed by atoms with Gasteiger partial charge in [-0.15, -0.1) is 0 Å². The number of halogens is 1. The minimum atomic E-state index is 0.270. The number of benzene rings is 1. The van der Waals surface area contributed by atoms with E-state index in [-0.39, 0.29) is 6.04 Å². The van der Waals surface area contributed by atoms with Gasteiger partial charge in [-0.3, -0.25) is 0 Å². The molecule has 0 fully saturated rings. The molecule has 1 unspecified atom stereocenters. The molecule has 1 atom stereocenters. The molecule has 0 heterocycles. The second-order valence-corrected chi connectivity index (χ2v) is 4.08. The Labute approximate surface area is 97.1 Å². The minimum absolute atomic E-state index is 0.270. The summed E-state index contributed by atoms with van der Waals surface area (Å²) in [7, 11) is 1.96. The molecule has 0 amide bonds. The molecule has 15 heavy (non-hydrogen) atoms. The number of rotatable bonds is 5. The highest BCUT2D eigenvalue weighted by Gasteiger charge is 2.12. The topological polar surface area (TPSA) is 12.0 Å². The van der Waals surface area contributed by atoms with Crippen LogP contribution >= 0.6 is 11.6 Å². The lowest BCUT2D eigenvalue weighted by Gasteiger charge is -2.18. The maximum absolute atomic E-state index is 6.15. The van der Waals surface area contributed by atoms with Crippen LogP contribution in [0.15, 0.2) is 36.4 Å². The third-order valence-electron chi connectivity index (χ3n) is 2.62. The summed E-state index contributed by atoms with van der Waals surface area (Å²) in [5.74, 6) is 0. The van der Waals surface area contributed by atoms with Crippen molar-refractivity contribution < 1.29 is 0 Å². The summed E-state index contributed by atoms with van der Waals surface area (Å²) in [6.07, 6.45) is 1.96. The first kappa shape index (κ1) is 12.3. The van der Waals surface area contributed by atoms with E-state index in [4.69, 9.17) is 11.6 Å². The molecular weight excluding hydrogens is 206 g/mol. The molecule has 0 radical (unpaired) electrons. The number of hydrogen-bond donors (Lipinski definition) is 1. The average Bonchev–Trinajstić information content (AvgIpc) is 2.26. The van der Waals surface area contributed by atoms with Gasteiger partial charge in [-0.1, -0.05) is 48.9 Å². The maximum atomic E-state index is 6.15. The van der Waals surface area contributed by atoms with Crippen molar-refractivity contribution in [1.82, 2.24) is 5.32 Å². The van der Waals surface area contributed by atoms with Crippen LogP contribution in [0.1, 0.15) is 31.4 Å². The van der Waals surface area contributed by atoms with Crippen LogP contribution in [0.2, 0.25) is 5.02 Å². The Morgan fingerprint density at radius 1 is 1.47 bits per heavy atom. The predicted octanol–water partition coefficient (Wildman–Crippen LogP) is 3.96. The monoisotopic (exact) mass is 223 g/mol. The second-order valence-electron chi connectivity index (χ2n) is 3.67. The quantitative estimate of drug-likeness (QED) is 0.746. The van der Waals surface area contributed by atoms with Crippen molar-refractivity contribution in [2.45, 2.75) is 25.8 Å². The molecule has 82 valence electrons. The van der Waals surface area contributed by atoms with Crippen LogP contribution < -0.4 is 5.32 Å². The van der Waals surface area contributed by atoms with Gasteiger partial charge in [0, 0.05) is 11.1 Å². The van der Waals surface area contributed by atoms with Crippen LogP contribution in [-0.2, 0) is 0 Å². The van der Waals surface area contributed by atoms with Gasteiger partial charge in [0.25, 0.3) is 0 Å². The van der Waals surface area contributed by atoms with Crippen molar-refractivity contribution in [3.05, 3.63) is 47.0 Å². The summed E-state index contributed by atoms with van der Waals surface area (Å²) in [4.78, 5) is 0. The lowest BCUT2D eigenvalue weighted by Crippen LogP contribution is -2.17. The van der Waals surface area contributed by atoms with E-state index in [0.29, 0.717) is 0 Å². The summed E-state index contributed by atoms with van der Waals surface area (Å²) < 4.78 is 0. The lowest BCUT2D eigenvalue weighted by atomic mass is 9.98. The first-order valence-electron chi connectivity index (χ1n) is 5.27. The molecule has 0 aliphatic carbocycles. The van der Waals surface area contributed by atoms with Crippen LogP contribution in [-0.4, -0.2) is 7.05 Å². The summed E-state index contributed by atoms with van der Waals surface area (Å²) in [5.41, 5.74) is 2.39. The van der Waals surface area contributed by atoms with Crippen LogP contribution in [0.4, 0.5) is 0 Å². The predicted molar refractivity (Wildman–Crippen MR) is 67.3 cm³/mol. The zero-order chi connectivity index (χ0) is 11.3. The molecule has 0 aliphatic rings. The standard InChI is InChI=1S/C13H18ClN/c1-4-10(2)9-13(15-3)11-7-5-6-8-12(11)14/h5-8,13,15H,2,4,9H2,1,3H3. The van der Waals surface area contributed by atoms with Crippen molar-refractivity contribution in [1.29, 1.82) is 0 Å². The fourth-order valence-corrected chi connectivity index (χ4v) is 1.83. The van der Waals surface area contributed by atoms with E-state index < -0.39 is 0 Å². The molecule has 0 saturated carbocycles. The highest BCUT2D eigenvalue weighted by molar-refractivity contribution is 6.31. The Hall–Kier alpha value is -0.790. The molecule has 1 rings (SSSR count). The van der Waals surface area contributed by atoms with E-state index in [2.05, 4.69) is 24.9 Å². The maximum Gasteiger partial charge on any atom is 0.0453 e. The van der Waals surface area contributed by atoms with Crippen LogP contribution in [0.3, 0.4) is 0 Å². The van der Waals surface area contributed by atoms with Gasteiger partial charge in [-0.2, -0.15) is 0 Å². The smallest absolute Gasteiger partial charge is 0.0453 e. The van der Waals surface area contributed by atoms with Gasteiger partial charge < -0.3 is 5.32 Å². The van der Waals surface area contributed by atoms with Crippen LogP contribution in [0.5, 0.6) is 0 Å². The van der Waals surface area contributed by atoms with Crippen LogP contribution in [0, 0.1) is 0 Å². The highest BCUT2D eigenvalue weighted by Crippen LogP contribution is 2.27. The summed E-state index contributed by atoms with van der Waals surface area (Å²) in [6.45, 7) is 6.16. The molecule has 2 heteroatoms. The van der Waals surface area contributed by atoms with Gasteiger partial charge in [0.15, 0.2) is 0 Å². The molecule has 1 aromatic rings. The Morgan fingerprint density at radius 3 is 2.67 bits per heavy atom. The first-order chi connectivity index (χ1) is 7.19. The summed E-state index contributed by atoms with van der Waals surface area (Å²) >= 11 is 6.15. The Kier molecular flexibility index (Phi) is 4.86. The zero-order valence-corrected chi connectivity index (χ0v) is 10.1. The second kappa shape index (κ2) is 5.94. The number of nitrogens with one attached hydrogen (secondary N) is 1. The van der Waals surface area contributed by atoms with Crippen molar-refractivity contribution in [3.8, 4) is 0 Å². The molecule has 0 aliphatic heterocycles. The van der Waals surface area contributed by atoms with Crippen molar-refractivity contribution in [2.75, 3.05) is 7.05 Å². The van der Waals surface area contributed by atoms with Crippen molar-refractivity contribution in [3.63, 3.8) is 0 Å². The zero-order valence-electron chi connectivity index (χ0n) is 9.39. The molecule has 0 spiro atoms. The first-order valence-corrected chi connectivity index (χ1v) is 5.65. The lowest BCUT2D eigenvalue weighted by molar-refractivity contribution is 0.583. The van der Waals surface area contributed by atoms with Gasteiger partial charge in [-0.05, 0) is 31.5 Å². The third-order valence-corrected chi connectivity index (χ3v) is 2.97. The molecule has 1 aromatic carbocycles. The highest BCUT2D eigenvalue weighted by atomic mass is 35.5. The summed E-state index contributed by atoms with van der Waals surface area (Å²) in [5, 5.41) is 4.10. The normalized spacial score (nSPS) is 12.5. The van der Waals surface area contributed by atoms with Gasteiger partial charge in [0.1, 0.15) is 0 Å². The van der Waals surface area contributed by atoms with Crippen molar-refractivity contribution >= 4 is 11.6 Å². The Bertz CT molecular complexity index is 333. The fourth-order valence-electron chi connectivity index (χ4n) is 1.56. The van der Waals surface area contributed by atoms with Gasteiger partial charge in [0.2, 0.25) is 0 Å². The van der Waals surface area contributed by atoms with Crippen LogP contribution in [0.25, 0.3) is 0 Å². The molecule has 0 aromatic heterocycles. The van der Waals surface area contributed by atoms with Gasteiger partial charge >= 0.3 is 0 Å². The largest absolute Gasteiger partial charge is 0.313 e.